The molecule has 0 saturated heterocycles. The Bertz CT molecular complexity index is 401. The van der Waals surface area contributed by atoms with Gasteiger partial charge in [-0.1, -0.05) is 54.1 Å². The summed E-state index contributed by atoms with van der Waals surface area (Å²) in [5.74, 6) is 1.58. The van der Waals surface area contributed by atoms with Crippen LogP contribution in [0.25, 0.3) is 0 Å². The minimum absolute atomic E-state index is 0.500. The lowest BCUT2D eigenvalue weighted by molar-refractivity contribution is 0.355. The van der Waals surface area contributed by atoms with E-state index in [0.29, 0.717) is 12.5 Å². The first-order chi connectivity index (χ1) is 8.49. The molecule has 1 aromatic rings. The monoisotopic (exact) mass is 311 g/mol. The molecule has 0 unspecified atom stereocenters. The van der Waals surface area contributed by atoms with Crippen LogP contribution >= 0.6 is 15.9 Å². The van der Waals surface area contributed by atoms with Gasteiger partial charge in [0.15, 0.2) is 0 Å². The van der Waals surface area contributed by atoms with E-state index in [0.717, 1.165) is 23.3 Å². The van der Waals surface area contributed by atoms with E-state index in [-0.39, 0.29) is 0 Å². The zero-order valence-corrected chi connectivity index (χ0v) is 13.0. The van der Waals surface area contributed by atoms with Gasteiger partial charge in [0.2, 0.25) is 0 Å². The summed E-state index contributed by atoms with van der Waals surface area (Å²) in [4.78, 5) is 0. The van der Waals surface area contributed by atoms with Crippen molar-refractivity contribution in [2.45, 2.75) is 27.3 Å². The first-order valence-electron chi connectivity index (χ1n) is 6.25. The molecule has 2 nitrogen and oxygen atoms in total. The minimum Gasteiger partial charge on any atom is -0.488 e. The first kappa shape index (κ1) is 15.3. The van der Waals surface area contributed by atoms with Crippen LogP contribution in [-0.2, 0) is 6.54 Å². The second kappa shape index (κ2) is 7.59. The number of ether oxygens (including phenoxy) is 1. The first-order valence-corrected chi connectivity index (χ1v) is 7.04. The second-order valence-electron chi connectivity index (χ2n) is 4.94. The van der Waals surface area contributed by atoms with Crippen LogP contribution in [-0.4, -0.2) is 13.2 Å². The van der Waals surface area contributed by atoms with Gasteiger partial charge in [-0.3, -0.25) is 0 Å². The van der Waals surface area contributed by atoms with E-state index in [2.05, 4.69) is 60.7 Å². The molecule has 3 heteroatoms. The molecular weight excluding hydrogens is 290 g/mol. The zero-order valence-electron chi connectivity index (χ0n) is 11.4. The van der Waals surface area contributed by atoms with Crippen LogP contribution in [0.1, 0.15) is 25.0 Å². The van der Waals surface area contributed by atoms with Crippen LogP contribution in [0.15, 0.2) is 29.3 Å². The molecule has 100 valence electrons. The molecule has 0 fully saturated rings. The topological polar surface area (TPSA) is 21.3 Å². The molecule has 1 aromatic carbocycles. The highest BCUT2D eigenvalue weighted by molar-refractivity contribution is 9.11. The third-order valence-corrected chi connectivity index (χ3v) is 2.70. The third kappa shape index (κ3) is 5.69. The summed E-state index contributed by atoms with van der Waals surface area (Å²) >= 11 is 3.31. The van der Waals surface area contributed by atoms with Gasteiger partial charge < -0.3 is 10.1 Å². The molecule has 0 saturated carbocycles. The van der Waals surface area contributed by atoms with Gasteiger partial charge >= 0.3 is 0 Å². The van der Waals surface area contributed by atoms with Crippen LogP contribution in [0.4, 0.5) is 0 Å². The Morgan fingerprint density at radius 2 is 2.17 bits per heavy atom. The van der Waals surface area contributed by atoms with Gasteiger partial charge in [0.25, 0.3) is 0 Å². The zero-order chi connectivity index (χ0) is 13.5. The largest absolute Gasteiger partial charge is 0.488 e. The van der Waals surface area contributed by atoms with Crippen LogP contribution in [0.5, 0.6) is 5.75 Å². The lowest BCUT2D eigenvalue weighted by Crippen LogP contribution is -2.19. The van der Waals surface area contributed by atoms with Crippen molar-refractivity contribution in [2.24, 2.45) is 5.92 Å². The van der Waals surface area contributed by atoms with Gasteiger partial charge in [-0.2, -0.15) is 0 Å². The molecule has 0 spiro atoms. The van der Waals surface area contributed by atoms with Crippen LogP contribution in [0, 0.1) is 12.8 Å². The van der Waals surface area contributed by atoms with Gasteiger partial charge in [-0.15, -0.1) is 0 Å². The molecule has 0 aliphatic carbocycles. The Morgan fingerprint density at radius 3 is 2.78 bits per heavy atom. The summed E-state index contributed by atoms with van der Waals surface area (Å²) in [7, 11) is 0. The Kier molecular flexibility index (Phi) is 6.44. The summed E-state index contributed by atoms with van der Waals surface area (Å²) in [6, 6.07) is 6.26. The maximum atomic E-state index is 5.72. The smallest absolute Gasteiger partial charge is 0.124 e. The number of halogens is 1. The lowest BCUT2D eigenvalue weighted by atomic mass is 10.1. The number of benzene rings is 1. The quantitative estimate of drug-likeness (QED) is 0.821. The van der Waals surface area contributed by atoms with Crippen molar-refractivity contribution in [3.8, 4) is 5.75 Å². The summed E-state index contributed by atoms with van der Waals surface area (Å²) in [6.45, 7) is 12.6. The van der Waals surface area contributed by atoms with Crippen molar-refractivity contribution in [1.29, 1.82) is 0 Å². The predicted octanol–water partition coefficient (Wildman–Crippen LogP) is 4.03. The van der Waals surface area contributed by atoms with Crippen molar-refractivity contribution < 1.29 is 4.74 Å². The Morgan fingerprint density at radius 1 is 1.44 bits per heavy atom. The van der Waals surface area contributed by atoms with Crippen LogP contribution in [0.2, 0.25) is 0 Å². The minimum atomic E-state index is 0.500. The predicted molar refractivity (Wildman–Crippen MR) is 81.3 cm³/mol. The molecule has 0 bridgehead atoms. The molecule has 0 aliphatic rings. The van der Waals surface area contributed by atoms with E-state index in [1.165, 1.54) is 11.1 Å². The number of aryl methyl sites for hydroxylation is 1. The highest BCUT2D eigenvalue weighted by atomic mass is 79.9. The molecule has 0 aromatic heterocycles. The summed E-state index contributed by atoms with van der Waals surface area (Å²) in [6.07, 6.45) is 0. The maximum Gasteiger partial charge on any atom is 0.124 e. The molecule has 0 aliphatic heterocycles. The number of nitrogens with one attached hydrogen (secondary N) is 1. The highest BCUT2D eigenvalue weighted by Gasteiger charge is 2.05. The highest BCUT2D eigenvalue weighted by Crippen LogP contribution is 2.21. The molecule has 1 rings (SSSR count). The van der Waals surface area contributed by atoms with Gasteiger partial charge in [0.05, 0.1) is 0 Å². The molecule has 18 heavy (non-hydrogen) atoms. The lowest BCUT2D eigenvalue weighted by Gasteiger charge is -2.13. The number of hydrogen-bond donors (Lipinski definition) is 1. The second-order valence-corrected chi connectivity index (χ2v) is 6.06. The standard InChI is InChI=1S/C15H22BrNO/c1-11(2)8-17-9-14-7-12(3)5-6-15(14)18-10-13(4)16/h5-7,11,17H,4,8-10H2,1-3H3. The normalized spacial score (nSPS) is 10.7. The molecule has 0 radical (unpaired) electrons. The summed E-state index contributed by atoms with van der Waals surface area (Å²) in [5.41, 5.74) is 2.45. The van der Waals surface area contributed by atoms with Crippen LogP contribution in [0.3, 0.4) is 0 Å². The van der Waals surface area contributed by atoms with Gasteiger partial charge in [-0.05, 0) is 25.5 Å². The van der Waals surface area contributed by atoms with Crippen molar-refractivity contribution in [3.63, 3.8) is 0 Å². The number of rotatable bonds is 7. The Balaban J connectivity index is 2.67. The maximum absolute atomic E-state index is 5.72. The fraction of sp³-hybridized carbons (Fsp3) is 0.467. The third-order valence-electron chi connectivity index (χ3n) is 2.47. The fourth-order valence-corrected chi connectivity index (χ4v) is 1.75. The van der Waals surface area contributed by atoms with E-state index >= 15 is 0 Å². The SMILES string of the molecule is C=C(Br)COc1ccc(C)cc1CNCC(C)C. The van der Waals surface area contributed by atoms with E-state index < -0.39 is 0 Å². The Labute approximate surface area is 119 Å². The van der Waals surface area contributed by atoms with Gasteiger partial charge in [0, 0.05) is 16.6 Å². The fourth-order valence-electron chi connectivity index (χ4n) is 1.64. The summed E-state index contributed by atoms with van der Waals surface area (Å²) < 4.78 is 6.58. The van der Waals surface area contributed by atoms with Crippen molar-refractivity contribution in [1.82, 2.24) is 5.32 Å². The van der Waals surface area contributed by atoms with Crippen molar-refractivity contribution in [3.05, 3.63) is 40.4 Å². The van der Waals surface area contributed by atoms with E-state index in [1.54, 1.807) is 0 Å². The van der Waals surface area contributed by atoms with Crippen LogP contribution < -0.4 is 10.1 Å². The van der Waals surface area contributed by atoms with Gasteiger partial charge in [0.1, 0.15) is 12.4 Å². The Hall–Kier alpha value is -0.800. The van der Waals surface area contributed by atoms with Gasteiger partial charge in [-0.25, -0.2) is 0 Å². The van der Waals surface area contributed by atoms with Crippen molar-refractivity contribution >= 4 is 15.9 Å². The summed E-state index contributed by atoms with van der Waals surface area (Å²) in [5, 5.41) is 3.44. The van der Waals surface area contributed by atoms with E-state index in [9.17, 15) is 0 Å². The molecule has 0 atom stereocenters. The van der Waals surface area contributed by atoms with Crippen molar-refractivity contribution in [2.75, 3.05) is 13.2 Å². The molecule has 1 N–H and O–H groups in total. The number of hydrogen-bond acceptors (Lipinski definition) is 2. The van der Waals surface area contributed by atoms with E-state index in [1.807, 2.05) is 6.07 Å². The molecular formula is C15H22BrNO. The van der Waals surface area contributed by atoms with E-state index in [4.69, 9.17) is 4.74 Å². The average Bonchev–Trinajstić information content (AvgIpc) is 2.27. The average molecular weight is 312 g/mol. The molecule has 0 heterocycles. The molecule has 0 amide bonds.